The molecule has 0 bridgehead atoms. The van der Waals surface area contributed by atoms with Crippen molar-refractivity contribution in [3.05, 3.63) is 35.6 Å². The van der Waals surface area contributed by atoms with Crippen LogP contribution in [0.5, 0.6) is 0 Å². The molecular weight excluding hydrogens is 323 g/mol. The van der Waals surface area contributed by atoms with Gasteiger partial charge in [-0.3, -0.25) is 14.5 Å². The third-order valence-corrected chi connectivity index (χ3v) is 5.54. The van der Waals surface area contributed by atoms with Crippen LogP contribution in [-0.2, 0) is 20.9 Å². The molecule has 6 heteroatoms. The molecule has 3 fully saturated rings. The Kier molecular flexibility index (Phi) is 5.01. The molecular formula is C19H25FN2O3. The Balaban J connectivity index is 1.49. The van der Waals surface area contributed by atoms with Gasteiger partial charge < -0.3 is 4.74 Å². The molecule has 0 N–H and O–H groups in total. The van der Waals surface area contributed by atoms with E-state index in [9.17, 15) is 9.18 Å². The molecule has 3 heterocycles. The van der Waals surface area contributed by atoms with Crippen molar-refractivity contribution in [1.29, 1.82) is 0 Å². The molecule has 0 aromatic heterocycles. The van der Waals surface area contributed by atoms with Crippen LogP contribution >= 0.6 is 0 Å². The summed E-state index contributed by atoms with van der Waals surface area (Å²) in [7, 11) is 0. The van der Waals surface area contributed by atoms with Crippen molar-refractivity contribution < 1.29 is 18.8 Å². The number of piperidine rings is 1. The van der Waals surface area contributed by atoms with Crippen LogP contribution in [0.2, 0.25) is 0 Å². The highest BCUT2D eigenvalue weighted by molar-refractivity contribution is 5.78. The van der Waals surface area contributed by atoms with Gasteiger partial charge in [-0.15, -0.1) is 0 Å². The highest BCUT2D eigenvalue weighted by Gasteiger charge is 2.43. The van der Waals surface area contributed by atoms with Crippen LogP contribution in [0.3, 0.4) is 0 Å². The number of hydrogen-bond acceptors (Lipinski definition) is 4. The lowest BCUT2D eigenvalue weighted by molar-refractivity contribution is -0.204. The van der Waals surface area contributed by atoms with E-state index < -0.39 is 0 Å². The van der Waals surface area contributed by atoms with E-state index in [-0.39, 0.29) is 29.8 Å². The summed E-state index contributed by atoms with van der Waals surface area (Å²) in [6.07, 6.45) is 3.72. The van der Waals surface area contributed by atoms with Gasteiger partial charge in [0.05, 0.1) is 18.6 Å². The van der Waals surface area contributed by atoms with Gasteiger partial charge in [0.15, 0.2) is 0 Å². The molecule has 1 aromatic rings. The number of rotatable bonds is 3. The third-order valence-electron chi connectivity index (χ3n) is 5.54. The van der Waals surface area contributed by atoms with Crippen LogP contribution in [0, 0.1) is 11.7 Å². The molecule has 136 valence electrons. The van der Waals surface area contributed by atoms with Gasteiger partial charge in [-0.25, -0.2) is 9.45 Å². The summed E-state index contributed by atoms with van der Waals surface area (Å²) >= 11 is 0. The van der Waals surface area contributed by atoms with E-state index in [0.717, 1.165) is 25.7 Å². The Morgan fingerprint density at radius 2 is 2.12 bits per heavy atom. The highest BCUT2D eigenvalue weighted by atomic mass is 19.1. The number of amides is 1. The minimum atomic E-state index is -0.189. The monoisotopic (exact) mass is 348 g/mol. The summed E-state index contributed by atoms with van der Waals surface area (Å²) in [6.45, 7) is 3.14. The summed E-state index contributed by atoms with van der Waals surface area (Å²) in [6, 6.07) is 7.14. The van der Waals surface area contributed by atoms with Crippen molar-refractivity contribution in [1.82, 2.24) is 9.96 Å². The van der Waals surface area contributed by atoms with E-state index in [0.29, 0.717) is 38.4 Å². The van der Waals surface area contributed by atoms with Crippen molar-refractivity contribution in [2.24, 2.45) is 5.92 Å². The molecule has 3 atom stereocenters. The van der Waals surface area contributed by atoms with Gasteiger partial charge in [0, 0.05) is 37.8 Å². The maximum Gasteiger partial charge on any atom is 0.250 e. The predicted molar refractivity (Wildman–Crippen MR) is 90.0 cm³/mol. The molecule has 3 saturated heterocycles. The summed E-state index contributed by atoms with van der Waals surface area (Å²) < 4.78 is 20.0. The number of nitrogens with zero attached hydrogens (tertiary/aromatic N) is 2. The fourth-order valence-electron chi connectivity index (χ4n) is 4.23. The fourth-order valence-corrected chi connectivity index (χ4v) is 4.23. The zero-order valence-electron chi connectivity index (χ0n) is 14.4. The molecule has 0 aliphatic carbocycles. The second-order valence-electron chi connectivity index (χ2n) is 7.20. The molecule has 25 heavy (non-hydrogen) atoms. The summed E-state index contributed by atoms with van der Waals surface area (Å²) in [5.41, 5.74) is 0.676. The smallest absolute Gasteiger partial charge is 0.250 e. The molecule has 0 unspecified atom stereocenters. The Morgan fingerprint density at radius 1 is 1.24 bits per heavy atom. The maximum atomic E-state index is 14.1. The zero-order valence-corrected chi connectivity index (χ0v) is 14.4. The lowest BCUT2D eigenvalue weighted by atomic mass is 9.89. The average Bonchev–Trinajstić information content (AvgIpc) is 3.12. The lowest BCUT2D eigenvalue weighted by Crippen LogP contribution is -2.53. The Bertz CT molecular complexity index is 620. The van der Waals surface area contributed by atoms with Gasteiger partial charge in [-0.05, 0) is 31.7 Å². The number of ether oxygens (including phenoxy) is 1. The third kappa shape index (κ3) is 3.57. The number of carbonyl (C=O) groups is 1. The normalized spacial score (nSPS) is 30.3. The molecule has 0 spiro atoms. The van der Waals surface area contributed by atoms with Crippen LogP contribution in [0.4, 0.5) is 4.39 Å². The van der Waals surface area contributed by atoms with Crippen LogP contribution in [0.25, 0.3) is 0 Å². The summed E-state index contributed by atoms with van der Waals surface area (Å²) in [4.78, 5) is 20.6. The minimum absolute atomic E-state index is 0.0483. The minimum Gasteiger partial charge on any atom is -0.377 e. The van der Waals surface area contributed by atoms with Crippen LogP contribution in [-0.4, -0.2) is 54.3 Å². The van der Waals surface area contributed by atoms with E-state index in [1.807, 2.05) is 12.1 Å². The van der Waals surface area contributed by atoms with Gasteiger partial charge >= 0.3 is 0 Å². The Hall–Kier alpha value is -1.50. The van der Waals surface area contributed by atoms with Crippen molar-refractivity contribution >= 4 is 5.91 Å². The lowest BCUT2D eigenvalue weighted by Gasteiger charge is -2.41. The quantitative estimate of drug-likeness (QED) is 0.841. The van der Waals surface area contributed by atoms with Crippen molar-refractivity contribution in [3.63, 3.8) is 0 Å². The summed E-state index contributed by atoms with van der Waals surface area (Å²) in [5.74, 6) is -0.290. The standard InChI is InChI=1S/C19H25FN2O3/c20-16-6-2-1-5-14(16)12-21-13-15(11-18-17(21)7-10-24-18)19(23)22-8-3-4-9-25-22/h1-2,5-6,15,17-18H,3-4,7-13H2/t15-,17+,18+/m0/s1. The molecule has 3 aliphatic rings. The molecule has 4 rings (SSSR count). The number of hydrogen-bond donors (Lipinski definition) is 0. The first kappa shape index (κ1) is 16.9. The Labute approximate surface area is 147 Å². The van der Waals surface area contributed by atoms with Crippen molar-refractivity contribution in [2.75, 3.05) is 26.3 Å². The number of likely N-dealkylation sites (tertiary alicyclic amines) is 1. The molecule has 5 nitrogen and oxygen atoms in total. The van der Waals surface area contributed by atoms with Gasteiger partial charge in [-0.2, -0.15) is 0 Å². The number of benzene rings is 1. The molecule has 0 radical (unpaired) electrons. The highest BCUT2D eigenvalue weighted by Crippen LogP contribution is 2.33. The fraction of sp³-hybridized carbons (Fsp3) is 0.632. The first-order valence-electron chi connectivity index (χ1n) is 9.26. The second kappa shape index (κ2) is 7.40. The van der Waals surface area contributed by atoms with E-state index >= 15 is 0 Å². The molecule has 3 aliphatic heterocycles. The van der Waals surface area contributed by atoms with Crippen molar-refractivity contribution in [3.8, 4) is 0 Å². The maximum absolute atomic E-state index is 14.1. The first-order valence-corrected chi connectivity index (χ1v) is 9.26. The number of fused-ring (bicyclic) bond motifs is 1. The van der Waals surface area contributed by atoms with E-state index in [1.165, 1.54) is 11.1 Å². The van der Waals surface area contributed by atoms with Crippen LogP contribution < -0.4 is 0 Å². The average molecular weight is 348 g/mol. The molecule has 1 amide bonds. The number of hydroxylamine groups is 2. The Morgan fingerprint density at radius 3 is 2.92 bits per heavy atom. The number of halogens is 1. The largest absolute Gasteiger partial charge is 0.377 e. The van der Waals surface area contributed by atoms with E-state index in [1.54, 1.807) is 6.07 Å². The van der Waals surface area contributed by atoms with Gasteiger partial charge in [-0.1, -0.05) is 18.2 Å². The zero-order chi connectivity index (χ0) is 17.2. The van der Waals surface area contributed by atoms with Gasteiger partial charge in [0.1, 0.15) is 5.82 Å². The van der Waals surface area contributed by atoms with Gasteiger partial charge in [0.2, 0.25) is 0 Å². The number of carbonyl (C=O) groups excluding carboxylic acids is 1. The topological polar surface area (TPSA) is 42.0 Å². The van der Waals surface area contributed by atoms with E-state index in [2.05, 4.69) is 4.90 Å². The van der Waals surface area contributed by atoms with Crippen molar-refractivity contribution in [2.45, 2.75) is 44.4 Å². The predicted octanol–water partition coefficient (Wildman–Crippen LogP) is 2.36. The van der Waals surface area contributed by atoms with E-state index in [4.69, 9.17) is 9.57 Å². The second-order valence-corrected chi connectivity index (χ2v) is 7.20. The van der Waals surface area contributed by atoms with Crippen LogP contribution in [0.1, 0.15) is 31.2 Å². The molecule has 1 aromatic carbocycles. The summed E-state index contributed by atoms with van der Waals surface area (Å²) in [5, 5.41) is 1.53. The molecule has 0 saturated carbocycles. The SMILES string of the molecule is O=C([C@H]1C[C@H]2OCC[C@H]2N(Cc2ccccc2F)C1)N1CCCCO1. The first-order chi connectivity index (χ1) is 12.2. The van der Waals surface area contributed by atoms with Gasteiger partial charge in [0.25, 0.3) is 5.91 Å². The van der Waals surface area contributed by atoms with Crippen LogP contribution in [0.15, 0.2) is 24.3 Å².